The Morgan fingerprint density at radius 1 is 1.26 bits per heavy atom. The molecule has 0 spiro atoms. The highest BCUT2D eigenvalue weighted by molar-refractivity contribution is 7.80. The van der Waals surface area contributed by atoms with E-state index in [4.69, 9.17) is 28.4 Å². The molecule has 4 N–H and O–H groups in total. The summed E-state index contributed by atoms with van der Waals surface area (Å²) in [5, 5.41) is 0. The fourth-order valence-electron chi connectivity index (χ4n) is 2.77. The predicted molar refractivity (Wildman–Crippen MR) is 73.2 cm³/mol. The molecule has 0 aliphatic carbocycles. The summed E-state index contributed by atoms with van der Waals surface area (Å²) < 4.78 is 5.29. The monoisotopic (exact) mass is 285 g/mol. The summed E-state index contributed by atoms with van der Waals surface area (Å²) in [6.45, 7) is 1.88. The summed E-state index contributed by atoms with van der Waals surface area (Å²) >= 11 is 5.10. The molecule has 106 valence electrons. The molecule has 1 atom stereocenters. The van der Waals surface area contributed by atoms with Gasteiger partial charge in [-0.2, -0.15) is 0 Å². The fourth-order valence-corrected chi connectivity index (χ4v) is 3.06. The van der Waals surface area contributed by atoms with Crippen LogP contribution in [0.25, 0.3) is 0 Å². The van der Waals surface area contributed by atoms with Gasteiger partial charge in [0.15, 0.2) is 0 Å². The Hall–Kier alpha value is -1.21. The maximum atomic E-state index is 12.7. The lowest BCUT2D eigenvalue weighted by Gasteiger charge is -2.37. The summed E-state index contributed by atoms with van der Waals surface area (Å²) in [7, 11) is 0. The van der Waals surface area contributed by atoms with E-state index in [9.17, 15) is 9.59 Å². The molecule has 0 saturated carbocycles. The van der Waals surface area contributed by atoms with E-state index in [0.717, 1.165) is 0 Å². The highest BCUT2D eigenvalue weighted by Crippen LogP contribution is 2.35. The molecule has 2 amide bonds. The van der Waals surface area contributed by atoms with Crippen molar-refractivity contribution in [2.45, 2.75) is 19.3 Å². The molecular weight excluding hydrogens is 266 g/mol. The second-order valence-electron chi connectivity index (χ2n) is 5.20. The van der Waals surface area contributed by atoms with E-state index in [1.807, 2.05) is 0 Å². The van der Waals surface area contributed by atoms with E-state index in [2.05, 4.69) is 0 Å². The van der Waals surface area contributed by atoms with Gasteiger partial charge in [0.2, 0.25) is 11.8 Å². The molecule has 0 bridgehead atoms. The number of carbonyl (C=O) groups excluding carboxylic acids is 2. The first-order chi connectivity index (χ1) is 8.97. The molecule has 2 fully saturated rings. The Kier molecular flexibility index (Phi) is 4.05. The van der Waals surface area contributed by atoms with E-state index in [1.165, 1.54) is 0 Å². The van der Waals surface area contributed by atoms with Crippen molar-refractivity contribution in [3.05, 3.63) is 0 Å². The van der Waals surface area contributed by atoms with Crippen molar-refractivity contribution in [1.29, 1.82) is 0 Å². The summed E-state index contributed by atoms with van der Waals surface area (Å²) in [4.78, 5) is 25.7. The minimum absolute atomic E-state index is 0.0768. The number of carbonyl (C=O) groups is 2. The number of likely N-dealkylation sites (tertiary alicyclic amines) is 1. The first-order valence-corrected chi connectivity index (χ1v) is 6.84. The van der Waals surface area contributed by atoms with Crippen LogP contribution in [0.2, 0.25) is 0 Å². The minimum atomic E-state index is -0.805. The van der Waals surface area contributed by atoms with Gasteiger partial charge in [0.1, 0.15) is 5.41 Å². The Morgan fingerprint density at radius 2 is 1.89 bits per heavy atom. The molecule has 1 unspecified atom stereocenters. The van der Waals surface area contributed by atoms with Crippen molar-refractivity contribution >= 4 is 29.0 Å². The van der Waals surface area contributed by atoms with E-state index in [1.54, 1.807) is 4.90 Å². The second-order valence-corrected chi connectivity index (χ2v) is 5.64. The van der Waals surface area contributed by atoms with Crippen LogP contribution in [0, 0.1) is 11.3 Å². The lowest BCUT2D eigenvalue weighted by molar-refractivity contribution is -0.141. The van der Waals surface area contributed by atoms with Gasteiger partial charge >= 0.3 is 0 Å². The number of hydrogen-bond donors (Lipinski definition) is 2. The number of rotatable bonds is 3. The van der Waals surface area contributed by atoms with Crippen LogP contribution in [0.5, 0.6) is 0 Å². The topological polar surface area (TPSA) is 98.7 Å². The highest BCUT2D eigenvalue weighted by atomic mass is 32.1. The molecule has 2 aliphatic heterocycles. The van der Waals surface area contributed by atoms with Crippen molar-refractivity contribution in [2.75, 3.05) is 26.3 Å². The van der Waals surface area contributed by atoms with Crippen LogP contribution < -0.4 is 11.5 Å². The average molecular weight is 285 g/mol. The predicted octanol–water partition coefficient (Wildman–Crippen LogP) is -0.597. The highest BCUT2D eigenvalue weighted by Gasteiger charge is 2.47. The third-order valence-electron chi connectivity index (χ3n) is 4.11. The normalized spacial score (nSPS) is 26.1. The van der Waals surface area contributed by atoms with Gasteiger partial charge < -0.3 is 21.1 Å². The van der Waals surface area contributed by atoms with E-state index < -0.39 is 5.41 Å². The molecule has 0 radical (unpaired) electrons. The zero-order valence-corrected chi connectivity index (χ0v) is 11.6. The largest absolute Gasteiger partial charge is 0.392 e. The van der Waals surface area contributed by atoms with Crippen molar-refractivity contribution < 1.29 is 14.3 Å². The fraction of sp³-hybridized carbons (Fsp3) is 0.750. The third kappa shape index (κ3) is 2.57. The SMILES string of the molecule is NC(=O)C1CCN(C(=O)C2(C(N)=S)CCOCC2)C1. The molecule has 0 aromatic heterocycles. The minimum Gasteiger partial charge on any atom is -0.392 e. The van der Waals surface area contributed by atoms with Gasteiger partial charge in [0.25, 0.3) is 0 Å². The zero-order valence-electron chi connectivity index (χ0n) is 10.8. The standard InChI is InChI=1S/C12H19N3O3S/c13-9(16)8-1-4-15(7-8)11(17)12(10(14)19)2-5-18-6-3-12/h8H,1-7H2,(H2,13,16)(H2,14,19). The summed E-state index contributed by atoms with van der Waals surface area (Å²) in [6.07, 6.45) is 1.64. The molecule has 6 nitrogen and oxygen atoms in total. The lowest BCUT2D eigenvalue weighted by atomic mass is 9.78. The Labute approximate surface area is 117 Å². The van der Waals surface area contributed by atoms with Crippen molar-refractivity contribution in [3.8, 4) is 0 Å². The van der Waals surface area contributed by atoms with Crippen molar-refractivity contribution in [1.82, 2.24) is 4.90 Å². The van der Waals surface area contributed by atoms with E-state index in [-0.39, 0.29) is 22.7 Å². The van der Waals surface area contributed by atoms with Crippen molar-refractivity contribution in [3.63, 3.8) is 0 Å². The summed E-state index contributed by atoms with van der Waals surface area (Å²) in [6, 6.07) is 0. The third-order valence-corrected chi connectivity index (χ3v) is 4.50. The number of nitrogens with zero attached hydrogens (tertiary/aromatic N) is 1. The van der Waals surface area contributed by atoms with E-state index >= 15 is 0 Å². The molecule has 2 heterocycles. The quantitative estimate of drug-likeness (QED) is 0.675. The van der Waals surface area contributed by atoms with Crippen LogP contribution in [0.3, 0.4) is 0 Å². The van der Waals surface area contributed by atoms with Gasteiger partial charge in [0.05, 0.1) is 10.9 Å². The van der Waals surface area contributed by atoms with Gasteiger partial charge in [-0.15, -0.1) is 0 Å². The van der Waals surface area contributed by atoms with Gasteiger partial charge in [-0.25, -0.2) is 0 Å². The van der Waals surface area contributed by atoms with E-state index in [0.29, 0.717) is 45.6 Å². The smallest absolute Gasteiger partial charge is 0.235 e. The number of hydrogen-bond acceptors (Lipinski definition) is 4. The first-order valence-electron chi connectivity index (χ1n) is 6.44. The summed E-state index contributed by atoms with van der Waals surface area (Å²) in [5.74, 6) is -0.689. The first kappa shape index (κ1) is 14.2. The molecule has 2 rings (SSSR count). The number of amides is 2. The maximum absolute atomic E-state index is 12.7. The van der Waals surface area contributed by atoms with Gasteiger partial charge in [-0.3, -0.25) is 9.59 Å². The molecule has 7 heteroatoms. The maximum Gasteiger partial charge on any atom is 0.235 e. The van der Waals surface area contributed by atoms with Crippen LogP contribution in [0.15, 0.2) is 0 Å². The Morgan fingerprint density at radius 3 is 2.37 bits per heavy atom. The Balaban J connectivity index is 2.13. The van der Waals surface area contributed by atoms with Crippen molar-refractivity contribution in [2.24, 2.45) is 22.8 Å². The molecule has 19 heavy (non-hydrogen) atoms. The van der Waals surface area contributed by atoms with Gasteiger partial charge in [-0.05, 0) is 19.3 Å². The molecule has 2 aliphatic rings. The second kappa shape index (κ2) is 5.42. The molecule has 0 aromatic carbocycles. The molecular formula is C12H19N3O3S. The Bertz CT molecular complexity index is 407. The van der Waals surface area contributed by atoms with Crippen LogP contribution in [-0.2, 0) is 14.3 Å². The van der Waals surface area contributed by atoms with Crippen LogP contribution in [0.4, 0.5) is 0 Å². The molecule has 0 aromatic rings. The lowest BCUT2D eigenvalue weighted by Crippen LogP contribution is -2.52. The van der Waals surface area contributed by atoms with Crippen LogP contribution in [0.1, 0.15) is 19.3 Å². The zero-order chi connectivity index (χ0) is 14.0. The number of thiocarbonyl (C=S) groups is 1. The number of primary amides is 1. The van der Waals surface area contributed by atoms with Crippen LogP contribution >= 0.6 is 12.2 Å². The molecule has 2 saturated heterocycles. The van der Waals surface area contributed by atoms with Crippen LogP contribution in [-0.4, -0.2) is 48.0 Å². The van der Waals surface area contributed by atoms with Gasteiger partial charge in [0, 0.05) is 26.3 Å². The number of nitrogens with two attached hydrogens (primary N) is 2. The number of ether oxygens (including phenoxy) is 1. The van der Waals surface area contributed by atoms with Gasteiger partial charge in [-0.1, -0.05) is 12.2 Å². The average Bonchev–Trinajstić information content (AvgIpc) is 2.88. The summed E-state index contributed by atoms with van der Waals surface area (Å²) in [5.41, 5.74) is 10.3.